The van der Waals surface area contributed by atoms with Gasteiger partial charge in [-0.05, 0) is 41.5 Å². The maximum absolute atomic E-state index is 13.0. The van der Waals surface area contributed by atoms with Gasteiger partial charge in [-0.25, -0.2) is 0 Å². The van der Waals surface area contributed by atoms with Crippen molar-refractivity contribution in [3.05, 3.63) is 88.7 Å². The molecule has 4 rings (SSSR count). The van der Waals surface area contributed by atoms with E-state index in [1.807, 2.05) is 83.7 Å². The monoisotopic (exact) mass is 415 g/mol. The van der Waals surface area contributed by atoms with Crippen LogP contribution in [0.2, 0.25) is 0 Å². The van der Waals surface area contributed by atoms with Crippen molar-refractivity contribution in [2.75, 3.05) is 13.6 Å². The second kappa shape index (κ2) is 9.09. The van der Waals surface area contributed by atoms with E-state index >= 15 is 0 Å². The average Bonchev–Trinajstić information content (AvgIpc) is 3.41. The van der Waals surface area contributed by atoms with Gasteiger partial charge in [0.2, 0.25) is 0 Å². The molecule has 0 aliphatic heterocycles. The summed E-state index contributed by atoms with van der Waals surface area (Å²) < 4.78 is 1.93. The van der Waals surface area contributed by atoms with E-state index in [1.165, 1.54) is 11.3 Å². The first-order valence-electron chi connectivity index (χ1n) is 10.1. The van der Waals surface area contributed by atoms with Crippen LogP contribution in [0, 0.1) is 0 Å². The minimum Gasteiger partial charge on any atom is -0.341 e. The average molecular weight is 416 g/mol. The van der Waals surface area contributed by atoms with Crippen molar-refractivity contribution in [3.8, 4) is 22.4 Å². The van der Waals surface area contributed by atoms with Crippen molar-refractivity contribution in [2.45, 2.75) is 12.8 Å². The van der Waals surface area contributed by atoms with Gasteiger partial charge in [-0.2, -0.15) is 5.10 Å². The van der Waals surface area contributed by atoms with Crippen LogP contribution in [-0.4, -0.2) is 34.2 Å². The van der Waals surface area contributed by atoms with Gasteiger partial charge in [-0.15, -0.1) is 11.3 Å². The Morgan fingerprint density at radius 2 is 1.67 bits per heavy atom. The summed E-state index contributed by atoms with van der Waals surface area (Å²) in [5, 5.41) is 6.64. The zero-order valence-corrected chi connectivity index (χ0v) is 18.1. The Morgan fingerprint density at radius 1 is 1.00 bits per heavy atom. The highest BCUT2D eigenvalue weighted by molar-refractivity contribution is 7.12. The van der Waals surface area contributed by atoms with Gasteiger partial charge in [0.1, 0.15) is 0 Å². The minimum atomic E-state index is 0.0786. The molecule has 0 unspecified atom stereocenters. The molecule has 0 bridgehead atoms. The van der Waals surface area contributed by atoms with Gasteiger partial charge >= 0.3 is 0 Å². The van der Waals surface area contributed by atoms with Crippen LogP contribution in [0.3, 0.4) is 0 Å². The molecule has 30 heavy (non-hydrogen) atoms. The van der Waals surface area contributed by atoms with Crippen molar-refractivity contribution < 1.29 is 4.79 Å². The first-order chi connectivity index (χ1) is 14.6. The third-order valence-electron chi connectivity index (χ3n) is 5.22. The normalized spacial score (nSPS) is 10.9. The lowest BCUT2D eigenvalue weighted by Crippen LogP contribution is -2.27. The van der Waals surface area contributed by atoms with Crippen LogP contribution >= 0.6 is 11.3 Å². The zero-order chi connectivity index (χ0) is 20.9. The Kier molecular flexibility index (Phi) is 6.10. The number of aryl methyl sites for hydroxylation is 2. The van der Waals surface area contributed by atoms with Crippen molar-refractivity contribution in [1.29, 1.82) is 0 Å². The standard InChI is InChI=1S/C25H25N3OS/c1-27(25(29)24-22(15-17-30-24)19-10-5-3-6-11-19)16-9-14-21-18-23(28(2)26-21)20-12-7-4-8-13-20/h3-8,10-13,15,17-18H,9,14,16H2,1-2H3. The number of carbonyl (C=O) groups excluding carboxylic acids is 1. The summed E-state index contributed by atoms with van der Waals surface area (Å²) in [5.74, 6) is 0.0786. The van der Waals surface area contributed by atoms with Crippen molar-refractivity contribution in [2.24, 2.45) is 7.05 Å². The molecule has 0 aliphatic carbocycles. The molecule has 5 heteroatoms. The quantitative estimate of drug-likeness (QED) is 0.399. The fraction of sp³-hybridized carbons (Fsp3) is 0.200. The highest BCUT2D eigenvalue weighted by atomic mass is 32.1. The summed E-state index contributed by atoms with van der Waals surface area (Å²) in [7, 11) is 3.86. The number of hydrogen-bond donors (Lipinski definition) is 0. The molecular weight excluding hydrogens is 390 g/mol. The molecule has 0 atom stereocenters. The van der Waals surface area contributed by atoms with Gasteiger partial charge in [0.25, 0.3) is 5.91 Å². The number of rotatable bonds is 7. The summed E-state index contributed by atoms with van der Waals surface area (Å²) in [5.41, 5.74) is 5.42. The Hall–Kier alpha value is -3.18. The van der Waals surface area contributed by atoms with E-state index in [9.17, 15) is 4.79 Å². The van der Waals surface area contributed by atoms with Crippen LogP contribution in [0.25, 0.3) is 22.4 Å². The van der Waals surface area contributed by atoms with E-state index in [2.05, 4.69) is 23.3 Å². The first kappa shape index (κ1) is 20.1. The largest absolute Gasteiger partial charge is 0.341 e. The molecule has 2 aromatic heterocycles. The van der Waals surface area contributed by atoms with Gasteiger partial charge in [0, 0.05) is 26.2 Å². The van der Waals surface area contributed by atoms with Crippen LogP contribution in [0.1, 0.15) is 21.8 Å². The first-order valence-corrected chi connectivity index (χ1v) is 11.0. The molecule has 4 nitrogen and oxygen atoms in total. The van der Waals surface area contributed by atoms with Crippen molar-refractivity contribution in [3.63, 3.8) is 0 Å². The molecule has 1 amide bonds. The highest BCUT2D eigenvalue weighted by Crippen LogP contribution is 2.29. The topological polar surface area (TPSA) is 38.1 Å². The van der Waals surface area contributed by atoms with Crippen LogP contribution in [0.15, 0.2) is 78.2 Å². The van der Waals surface area contributed by atoms with Gasteiger partial charge in [0.05, 0.1) is 16.3 Å². The Labute approximate surface area is 181 Å². The molecule has 0 saturated carbocycles. The van der Waals surface area contributed by atoms with E-state index in [0.29, 0.717) is 6.54 Å². The summed E-state index contributed by atoms with van der Waals surface area (Å²) in [6.45, 7) is 0.697. The number of nitrogens with zero attached hydrogens (tertiary/aromatic N) is 3. The molecule has 152 valence electrons. The zero-order valence-electron chi connectivity index (χ0n) is 17.3. The molecule has 0 aliphatic rings. The molecule has 2 aromatic carbocycles. The van der Waals surface area contributed by atoms with E-state index in [1.54, 1.807) is 0 Å². The van der Waals surface area contributed by atoms with Gasteiger partial charge < -0.3 is 4.90 Å². The molecule has 0 radical (unpaired) electrons. The number of benzene rings is 2. The Bertz CT molecular complexity index is 1120. The highest BCUT2D eigenvalue weighted by Gasteiger charge is 2.18. The SMILES string of the molecule is CN(CCCc1cc(-c2ccccc2)n(C)n1)C(=O)c1sccc1-c1ccccc1. The molecular formula is C25H25N3OS. The lowest BCUT2D eigenvalue weighted by atomic mass is 10.1. The van der Waals surface area contributed by atoms with Crippen molar-refractivity contribution >= 4 is 17.2 Å². The minimum absolute atomic E-state index is 0.0786. The van der Waals surface area contributed by atoms with E-state index in [-0.39, 0.29) is 5.91 Å². The lowest BCUT2D eigenvalue weighted by Gasteiger charge is -2.17. The van der Waals surface area contributed by atoms with Crippen LogP contribution in [0.4, 0.5) is 0 Å². The van der Waals surface area contributed by atoms with Gasteiger partial charge in [-0.1, -0.05) is 60.7 Å². The summed E-state index contributed by atoms with van der Waals surface area (Å²) in [6.07, 6.45) is 1.72. The molecule has 2 heterocycles. The molecule has 0 spiro atoms. The molecule has 0 N–H and O–H groups in total. The third-order valence-corrected chi connectivity index (χ3v) is 6.12. The number of hydrogen-bond acceptors (Lipinski definition) is 3. The van der Waals surface area contributed by atoms with Crippen LogP contribution < -0.4 is 0 Å². The fourth-order valence-electron chi connectivity index (χ4n) is 3.62. The smallest absolute Gasteiger partial charge is 0.264 e. The summed E-state index contributed by atoms with van der Waals surface area (Å²) >= 11 is 1.51. The Morgan fingerprint density at radius 3 is 2.37 bits per heavy atom. The summed E-state index contributed by atoms with van der Waals surface area (Å²) in [4.78, 5) is 15.6. The maximum Gasteiger partial charge on any atom is 0.264 e. The lowest BCUT2D eigenvalue weighted by molar-refractivity contribution is 0.0799. The second-order valence-corrected chi connectivity index (χ2v) is 8.29. The van der Waals surface area contributed by atoms with Gasteiger partial charge in [-0.3, -0.25) is 9.48 Å². The number of carbonyl (C=O) groups is 1. The third kappa shape index (κ3) is 4.36. The second-order valence-electron chi connectivity index (χ2n) is 7.37. The van der Waals surface area contributed by atoms with Crippen LogP contribution in [-0.2, 0) is 13.5 Å². The van der Waals surface area contributed by atoms with Crippen LogP contribution in [0.5, 0.6) is 0 Å². The van der Waals surface area contributed by atoms with E-state index < -0.39 is 0 Å². The van der Waals surface area contributed by atoms with Gasteiger partial charge in [0.15, 0.2) is 0 Å². The van der Waals surface area contributed by atoms with Crippen molar-refractivity contribution in [1.82, 2.24) is 14.7 Å². The fourth-order valence-corrected chi connectivity index (χ4v) is 4.53. The maximum atomic E-state index is 13.0. The molecule has 4 aromatic rings. The summed E-state index contributed by atoms with van der Waals surface area (Å²) in [6, 6.07) is 24.5. The molecule has 0 saturated heterocycles. The number of thiophene rings is 1. The predicted octanol–water partition coefficient (Wildman–Crippen LogP) is 5.52. The number of aromatic nitrogens is 2. The molecule has 0 fully saturated rings. The number of amides is 1. The predicted molar refractivity (Wildman–Crippen MR) is 124 cm³/mol. The van der Waals surface area contributed by atoms with E-state index in [4.69, 9.17) is 0 Å². The van der Waals surface area contributed by atoms with E-state index in [0.717, 1.165) is 45.8 Å². The Balaban J connectivity index is 1.38.